The van der Waals surface area contributed by atoms with E-state index in [1.807, 2.05) is 0 Å². The number of thioether (sulfide) groups is 1. The molecule has 0 atom stereocenters. The van der Waals surface area contributed by atoms with Crippen LogP contribution in [0.15, 0.2) is 29.2 Å². The van der Waals surface area contributed by atoms with E-state index in [0.717, 1.165) is 23.2 Å². The van der Waals surface area contributed by atoms with Crippen LogP contribution < -0.4 is 5.32 Å². The normalized spacial score (nSPS) is 10.9. The minimum absolute atomic E-state index is 0.139. The summed E-state index contributed by atoms with van der Waals surface area (Å²) in [5.74, 6) is 0.110. The van der Waals surface area contributed by atoms with Crippen LogP contribution in [-0.4, -0.2) is 21.9 Å². The number of amides is 1. The summed E-state index contributed by atoms with van der Waals surface area (Å²) in [6.45, 7) is 4.20. The lowest BCUT2D eigenvalue weighted by Gasteiger charge is -2.02. The molecule has 2 aromatic rings. The first-order chi connectivity index (χ1) is 10.0. The van der Waals surface area contributed by atoms with Crippen LogP contribution in [0.4, 0.5) is 9.52 Å². The van der Waals surface area contributed by atoms with E-state index in [4.69, 9.17) is 0 Å². The van der Waals surface area contributed by atoms with Crippen molar-refractivity contribution in [3.8, 4) is 0 Å². The van der Waals surface area contributed by atoms with E-state index >= 15 is 0 Å². The quantitative estimate of drug-likeness (QED) is 0.824. The maximum atomic E-state index is 13.4. The fourth-order valence-electron chi connectivity index (χ4n) is 1.60. The van der Waals surface area contributed by atoms with Crippen LogP contribution in [0.5, 0.6) is 0 Å². The van der Waals surface area contributed by atoms with Crippen molar-refractivity contribution in [2.45, 2.75) is 25.2 Å². The second kappa shape index (κ2) is 7.51. The number of carbonyl (C=O) groups is 1. The van der Waals surface area contributed by atoms with Gasteiger partial charge in [0, 0.05) is 11.3 Å². The van der Waals surface area contributed by atoms with Crippen molar-refractivity contribution >= 4 is 34.1 Å². The van der Waals surface area contributed by atoms with Crippen molar-refractivity contribution in [2.75, 3.05) is 11.1 Å². The van der Waals surface area contributed by atoms with Gasteiger partial charge in [0.05, 0.1) is 5.75 Å². The average Bonchev–Trinajstić information content (AvgIpc) is 2.84. The van der Waals surface area contributed by atoms with Crippen molar-refractivity contribution in [1.29, 1.82) is 0 Å². The van der Waals surface area contributed by atoms with E-state index in [-0.39, 0.29) is 17.5 Å². The molecule has 0 aliphatic carbocycles. The lowest BCUT2D eigenvalue weighted by Crippen LogP contribution is -2.13. The minimum atomic E-state index is -0.314. The molecule has 21 heavy (non-hydrogen) atoms. The molecule has 1 amide bonds. The molecule has 112 valence electrons. The number of nitrogens with one attached hydrogen (secondary N) is 1. The molecular formula is C14H16FN3OS2. The van der Waals surface area contributed by atoms with Gasteiger partial charge < -0.3 is 0 Å². The third kappa shape index (κ3) is 5.09. The number of halogens is 1. The number of anilines is 1. The van der Waals surface area contributed by atoms with E-state index in [9.17, 15) is 9.18 Å². The Balaban J connectivity index is 1.84. The molecule has 0 unspecified atom stereocenters. The Kier molecular flexibility index (Phi) is 5.69. The highest BCUT2D eigenvalue weighted by atomic mass is 32.2. The summed E-state index contributed by atoms with van der Waals surface area (Å²) in [7, 11) is 0. The van der Waals surface area contributed by atoms with Crippen LogP contribution in [-0.2, 0) is 11.2 Å². The zero-order chi connectivity index (χ0) is 15.2. The molecule has 0 fully saturated rings. The molecule has 0 aliphatic rings. The van der Waals surface area contributed by atoms with Crippen molar-refractivity contribution < 1.29 is 9.18 Å². The first-order valence-electron chi connectivity index (χ1n) is 6.54. The summed E-state index contributed by atoms with van der Waals surface area (Å²) in [4.78, 5) is 12.3. The lowest BCUT2D eigenvalue weighted by atomic mass is 10.1. The van der Waals surface area contributed by atoms with Crippen molar-refractivity contribution in [3.63, 3.8) is 0 Å². The van der Waals surface area contributed by atoms with E-state index in [0.29, 0.717) is 15.9 Å². The van der Waals surface area contributed by atoms with Crippen LogP contribution in [0, 0.1) is 11.7 Å². The molecule has 7 heteroatoms. The summed E-state index contributed by atoms with van der Waals surface area (Å²) >= 11 is 2.54. The summed E-state index contributed by atoms with van der Waals surface area (Å²) in [6, 6.07) is 6.39. The van der Waals surface area contributed by atoms with Crippen LogP contribution >= 0.6 is 23.1 Å². The van der Waals surface area contributed by atoms with Gasteiger partial charge >= 0.3 is 0 Å². The molecule has 1 aromatic heterocycles. The Morgan fingerprint density at radius 3 is 2.86 bits per heavy atom. The highest BCUT2D eigenvalue weighted by molar-refractivity contribution is 8.00. The number of rotatable bonds is 6. The Morgan fingerprint density at radius 1 is 1.38 bits per heavy atom. The van der Waals surface area contributed by atoms with Crippen molar-refractivity contribution in [3.05, 3.63) is 35.1 Å². The average molecular weight is 325 g/mol. The molecule has 2 rings (SSSR count). The molecule has 0 spiro atoms. The predicted molar refractivity (Wildman–Crippen MR) is 84.2 cm³/mol. The lowest BCUT2D eigenvalue weighted by molar-refractivity contribution is -0.113. The van der Waals surface area contributed by atoms with E-state index < -0.39 is 0 Å². The number of carbonyl (C=O) groups excluding carboxylic acids is 1. The number of nitrogens with zero attached hydrogens (tertiary/aromatic N) is 2. The molecule has 1 aromatic carbocycles. The van der Waals surface area contributed by atoms with Gasteiger partial charge in [-0.1, -0.05) is 37.3 Å². The maximum Gasteiger partial charge on any atom is 0.236 e. The fourth-order valence-corrected chi connectivity index (χ4v) is 3.30. The molecule has 0 bridgehead atoms. The third-order valence-corrected chi connectivity index (χ3v) is 4.40. The summed E-state index contributed by atoms with van der Waals surface area (Å²) in [6.07, 6.45) is 0.845. The van der Waals surface area contributed by atoms with Gasteiger partial charge in [0.15, 0.2) is 0 Å². The SMILES string of the molecule is CC(C)Cc1nnc(NC(=O)CSc2ccccc2F)s1. The molecule has 0 radical (unpaired) electrons. The van der Waals surface area contributed by atoms with Crippen LogP contribution in [0.2, 0.25) is 0 Å². The van der Waals surface area contributed by atoms with Gasteiger partial charge in [-0.3, -0.25) is 10.1 Å². The van der Waals surface area contributed by atoms with Crippen LogP contribution in [0.3, 0.4) is 0 Å². The summed E-state index contributed by atoms with van der Waals surface area (Å²) < 4.78 is 13.4. The highest BCUT2D eigenvalue weighted by Crippen LogP contribution is 2.22. The third-order valence-electron chi connectivity index (χ3n) is 2.49. The Morgan fingerprint density at radius 2 is 2.14 bits per heavy atom. The second-order valence-electron chi connectivity index (χ2n) is 4.87. The fraction of sp³-hybridized carbons (Fsp3) is 0.357. The van der Waals surface area contributed by atoms with Gasteiger partial charge in [-0.25, -0.2) is 4.39 Å². The number of benzene rings is 1. The Hall–Kier alpha value is -1.47. The smallest absolute Gasteiger partial charge is 0.236 e. The van der Waals surface area contributed by atoms with Gasteiger partial charge in [0.25, 0.3) is 0 Å². The zero-order valence-corrected chi connectivity index (χ0v) is 13.4. The molecule has 0 aliphatic heterocycles. The molecule has 0 saturated heterocycles. The second-order valence-corrected chi connectivity index (χ2v) is 6.95. The maximum absolute atomic E-state index is 13.4. The molecular weight excluding hydrogens is 309 g/mol. The summed E-state index contributed by atoms with van der Waals surface area (Å²) in [5.41, 5.74) is 0. The van der Waals surface area contributed by atoms with Gasteiger partial charge in [-0.2, -0.15) is 0 Å². The van der Waals surface area contributed by atoms with Crippen LogP contribution in [0.1, 0.15) is 18.9 Å². The molecule has 4 nitrogen and oxygen atoms in total. The van der Waals surface area contributed by atoms with Crippen LogP contribution in [0.25, 0.3) is 0 Å². The molecule has 1 heterocycles. The summed E-state index contributed by atoms with van der Waals surface area (Å²) in [5, 5.41) is 12.0. The van der Waals surface area contributed by atoms with Gasteiger partial charge in [0.2, 0.25) is 11.0 Å². The minimum Gasteiger partial charge on any atom is -0.300 e. The van der Waals surface area contributed by atoms with Gasteiger partial charge in [-0.05, 0) is 18.1 Å². The largest absolute Gasteiger partial charge is 0.300 e. The Bertz CT molecular complexity index is 616. The predicted octanol–water partition coefficient (Wildman–Crippen LogP) is 3.61. The molecule has 0 saturated carbocycles. The van der Waals surface area contributed by atoms with E-state index in [1.54, 1.807) is 18.2 Å². The number of hydrogen-bond donors (Lipinski definition) is 1. The van der Waals surface area contributed by atoms with Crippen molar-refractivity contribution in [1.82, 2.24) is 10.2 Å². The first kappa shape index (κ1) is 15.9. The monoisotopic (exact) mass is 325 g/mol. The topological polar surface area (TPSA) is 54.9 Å². The number of hydrogen-bond acceptors (Lipinski definition) is 5. The Labute approximate surface area is 131 Å². The van der Waals surface area contributed by atoms with E-state index in [1.165, 1.54) is 17.4 Å². The van der Waals surface area contributed by atoms with Crippen molar-refractivity contribution in [2.24, 2.45) is 5.92 Å². The standard InChI is InChI=1S/C14H16FN3OS2/c1-9(2)7-13-17-18-14(21-13)16-12(19)8-20-11-6-4-3-5-10(11)15/h3-6,9H,7-8H2,1-2H3,(H,16,18,19). The van der Waals surface area contributed by atoms with E-state index in [2.05, 4.69) is 29.4 Å². The molecule has 1 N–H and O–H groups in total. The first-order valence-corrected chi connectivity index (χ1v) is 8.34. The van der Waals surface area contributed by atoms with Gasteiger partial charge in [0.1, 0.15) is 10.8 Å². The highest BCUT2D eigenvalue weighted by Gasteiger charge is 2.10. The van der Waals surface area contributed by atoms with Gasteiger partial charge in [-0.15, -0.1) is 22.0 Å². The number of aromatic nitrogens is 2. The zero-order valence-electron chi connectivity index (χ0n) is 11.8.